The number of fused-ring (bicyclic) bond motifs is 2. The van der Waals surface area contributed by atoms with Crippen molar-refractivity contribution < 1.29 is 34.8 Å². The molecule has 0 spiro atoms. The Bertz CT molecular complexity index is 2170. The van der Waals surface area contributed by atoms with Crippen LogP contribution in [-0.4, -0.2) is 70.6 Å². The van der Waals surface area contributed by atoms with Gasteiger partial charge in [-0.05, 0) is 95.0 Å². The molecule has 0 aliphatic rings. The van der Waals surface area contributed by atoms with Crippen LogP contribution in [0, 0.1) is 0 Å². The molecular weight excluding hydrogens is 740 g/mol. The number of aromatic carboxylic acids is 2. The van der Waals surface area contributed by atoms with Crippen molar-refractivity contribution in [2.24, 2.45) is 0 Å². The van der Waals surface area contributed by atoms with E-state index in [1.54, 1.807) is 55.6 Å². The number of unbranched alkanes of at least 4 members (excludes halogenated alkanes) is 2. The van der Waals surface area contributed by atoms with Crippen LogP contribution in [0.15, 0.2) is 109 Å². The Morgan fingerprint density at radius 3 is 1.58 bits per heavy atom. The molecule has 0 fully saturated rings. The van der Waals surface area contributed by atoms with Gasteiger partial charge in [0.25, 0.3) is 0 Å². The fourth-order valence-corrected chi connectivity index (χ4v) is 7.16. The van der Waals surface area contributed by atoms with Gasteiger partial charge in [-0.1, -0.05) is 111 Å². The molecule has 57 heavy (non-hydrogen) atoms. The largest absolute Gasteiger partial charge is 0.507 e. The minimum atomic E-state index is -1.28. The van der Waals surface area contributed by atoms with Gasteiger partial charge in [0.15, 0.2) is 0 Å². The quantitative estimate of drug-likeness (QED) is 0.0611. The number of benzene rings is 6. The van der Waals surface area contributed by atoms with Crippen LogP contribution in [0.2, 0.25) is 5.02 Å². The molecule has 0 amide bonds. The molecule has 6 rings (SSSR count). The normalized spacial score (nSPS) is 11.7. The van der Waals surface area contributed by atoms with Crippen LogP contribution in [0.1, 0.15) is 88.5 Å². The van der Waals surface area contributed by atoms with Gasteiger partial charge < -0.3 is 35.4 Å². The predicted molar refractivity (Wildman–Crippen MR) is 228 cm³/mol. The minimum Gasteiger partial charge on any atom is -0.507 e. The van der Waals surface area contributed by atoms with Crippen LogP contribution in [-0.2, 0) is 6.42 Å². The summed E-state index contributed by atoms with van der Waals surface area (Å²) in [5, 5.41) is 47.3. The highest BCUT2D eigenvalue weighted by Gasteiger charge is 2.23. The van der Waals surface area contributed by atoms with Gasteiger partial charge in [-0.25, -0.2) is 9.59 Å². The van der Waals surface area contributed by atoms with E-state index in [1.165, 1.54) is 62.0 Å². The van der Waals surface area contributed by atoms with E-state index < -0.39 is 23.4 Å². The molecule has 1 atom stereocenters. The lowest BCUT2D eigenvalue weighted by Crippen LogP contribution is -2.35. The first-order valence-electron chi connectivity index (χ1n) is 19.3. The topological polar surface area (TPSA) is 140 Å². The summed E-state index contributed by atoms with van der Waals surface area (Å²) < 4.78 is 5.31. The lowest BCUT2D eigenvalue weighted by Gasteiger charge is -2.25. The van der Waals surface area contributed by atoms with Crippen molar-refractivity contribution in [3.8, 4) is 17.2 Å². The average molecular weight is 791 g/mol. The van der Waals surface area contributed by atoms with E-state index in [2.05, 4.69) is 48.3 Å². The second-order valence-corrected chi connectivity index (χ2v) is 14.4. The number of carbonyl (C=O) groups is 2. The molecule has 6 aromatic rings. The molecule has 0 bridgehead atoms. The number of phenols is 2. The van der Waals surface area contributed by atoms with Crippen molar-refractivity contribution >= 4 is 45.1 Å². The summed E-state index contributed by atoms with van der Waals surface area (Å²) in [6.45, 7) is 8.92. The Morgan fingerprint density at radius 2 is 1.14 bits per heavy atom. The highest BCUT2D eigenvalue weighted by Crippen LogP contribution is 2.39. The Hall–Kier alpha value is -5.61. The van der Waals surface area contributed by atoms with Crippen molar-refractivity contribution in [2.45, 2.75) is 52.0 Å². The number of carboxylic acid groups (broad SMARTS) is 2. The van der Waals surface area contributed by atoms with E-state index in [9.17, 15) is 30.0 Å². The molecule has 6 aromatic carbocycles. The fraction of sp³-hybridized carbons (Fsp3) is 0.277. The summed E-state index contributed by atoms with van der Waals surface area (Å²) in [5.74, 6) is -2.48. The number of nitrogens with one attached hydrogen (secondary N) is 1. The molecule has 5 N–H and O–H groups in total. The zero-order chi connectivity index (χ0) is 40.9. The molecule has 1 unspecified atom stereocenters. The summed E-state index contributed by atoms with van der Waals surface area (Å²) >= 11 is 6.10. The van der Waals surface area contributed by atoms with Gasteiger partial charge in [-0.3, -0.25) is 0 Å². The summed E-state index contributed by atoms with van der Waals surface area (Å²) in [6.07, 6.45) is 4.98. The second kappa shape index (κ2) is 20.5. The Labute approximate surface area is 339 Å². The third kappa shape index (κ3) is 10.8. The third-order valence-electron chi connectivity index (χ3n) is 10.2. The molecule has 298 valence electrons. The van der Waals surface area contributed by atoms with Crippen LogP contribution < -0.4 is 10.1 Å². The highest BCUT2D eigenvalue weighted by atomic mass is 35.5. The molecule has 0 heterocycles. The molecule has 0 aliphatic carbocycles. The summed E-state index contributed by atoms with van der Waals surface area (Å²) in [5.41, 5.74) is 2.57. The molecule has 0 radical (unpaired) electrons. The SMILES string of the molecule is CCCCN(CCCC)CCNC(c1ccc(Cl)cc1)c1ccc(OC)cc1.O=C(O)c1cc2ccccc2c(Cc2c(O)c(C(=O)O)cc3ccccc23)c1O. The van der Waals surface area contributed by atoms with Crippen LogP contribution in [0.5, 0.6) is 17.2 Å². The van der Waals surface area contributed by atoms with Crippen molar-refractivity contribution in [1.29, 1.82) is 0 Å². The van der Waals surface area contributed by atoms with Crippen LogP contribution in [0.3, 0.4) is 0 Å². The summed E-state index contributed by atoms with van der Waals surface area (Å²) in [4.78, 5) is 25.8. The average Bonchev–Trinajstić information content (AvgIpc) is 3.22. The first-order valence-corrected chi connectivity index (χ1v) is 19.7. The van der Waals surface area contributed by atoms with Gasteiger partial charge in [0.05, 0.1) is 13.2 Å². The van der Waals surface area contributed by atoms with Crippen LogP contribution in [0.25, 0.3) is 21.5 Å². The van der Waals surface area contributed by atoms with Gasteiger partial charge in [0, 0.05) is 35.7 Å². The van der Waals surface area contributed by atoms with Gasteiger partial charge in [-0.15, -0.1) is 0 Å². The maximum absolute atomic E-state index is 11.6. The van der Waals surface area contributed by atoms with E-state index in [1.807, 2.05) is 24.3 Å². The standard InChI is InChI=1S/C24H35ClN2O.C23H16O6/c1-4-6-17-27(18-7-5-2)19-16-26-24(20-8-12-22(25)13-9-20)21-10-14-23(28-3)15-11-21;24-20-16(14-7-3-1-5-12(14)9-18(20)22(26)27)11-17-15-8-4-2-6-13(15)10-19(21(17)25)23(28)29/h8-15,24,26H,4-7,16-19H2,1-3H3;1-10,24-25H,11H2,(H,26,27)(H,28,29). The molecule has 10 heteroatoms. The summed E-state index contributed by atoms with van der Waals surface area (Å²) in [7, 11) is 1.70. The Balaban J connectivity index is 0.000000218. The number of carboxylic acids is 2. The lowest BCUT2D eigenvalue weighted by atomic mass is 9.90. The molecule has 0 saturated heterocycles. The maximum atomic E-state index is 11.6. The van der Waals surface area contributed by atoms with Crippen LogP contribution in [0.4, 0.5) is 0 Å². The van der Waals surface area contributed by atoms with E-state index >= 15 is 0 Å². The number of methoxy groups -OCH3 is 1. The molecular formula is C47H51ClN2O7. The lowest BCUT2D eigenvalue weighted by molar-refractivity contribution is 0.0682. The minimum absolute atomic E-state index is 0.0407. The number of aromatic hydroxyl groups is 2. The van der Waals surface area contributed by atoms with E-state index in [0.717, 1.165) is 23.9 Å². The second-order valence-electron chi connectivity index (χ2n) is 14.0. The predicted octanol–water partition coefficient (Wildman–Crippen LogP) is 10.3. The van der Waals surface area contributed by atoms with Crippen molar-refractivity contribution in [3.05, 3.63) is 148 Å². The monoisotopic (exact) mass is 790 g/mol. The molecule has 0 aromatic heterocycles. The number of hydrogen-bond acceptors (Lipinski definition) is 7. The van der Waals surface area contributed by atoms with Crippen molar-refractivity contribution in [2.75, 3.05) is 33.3 Å². The van der Waals surface area contributed by atoms with E-state index in [4.69, 9.17) is 16.3 Å². The van der Waals surface area contributed by atoms with Crippen LogP contribution >= 0.6 is 11.6 Å². The zero-order valence-electron chi connectivity index (χ0n) is 32.7. The Morgan fingerprint density at radius 1 is 0.684 bits per heavy atom. The molecule has 0 aliphatic heterocycles. The number of halogens is 1. The van der Waals surface area contributed by atoms with Gasteiger partial charge in [0.2, 0.25) is 0 Å². The van der Waals surface area contributed by atoms with Gasteiger partial charge in [0.1, 0.15) is 28.4 Å². The van der Waals surface area contributed by atoms with Gasteiger partial charge in [-0.2, -0.15) is 0 Å². The smallest absolute Gasteiger partial charge is 0.339 e. The van der Waals surface area contributed by atoms with Crippen molar-refractivity contribution in [3.63, 3.8) is 0 Å². The van der Waals surface area contributed by atoms with E-state index in [0.29, 0.717) is 32.7 Å². The number of ether oxygens (including phenoxy) is 1. The summed E-state index contributed by atoms with van der Waals surface area (Å²) in [6, 6.07) is 33.4. The molecule has 9 nitrogen and oxygen atoms in total. The highest BCUT2D eigenvalue weighted by molar-refractivity contribution is 6.30. The first-order chi connectivity index (χ1) is 27.6. The first kappa shape index (κ1) is 42.5. The van der Waals surface area contributed by atoms with Crippen molar-refractivity contribution in [1.82, 2.24) is 10.2 Å². The fourth-order valence-electron chi connectivity index (χ4n) is 7.03. The van der Waals surface area contributed by atoms with Gasteiger partial charge >= 0.3 is 11.9 Å². The number of nitrogens with zero attached hydrogens (tertiary/aromatic N) is 1. The number of rotatable bonds is 17. The molecule has 0 saturated carbocycles. The maximum Gasteiger partial charge on any atom is 0.339 e. The van der Waals surface area contributed by atoms with E-state index in [-0.39, 0.29) is 23.6 Å². The Kier molecular flexibility index (Phi) is 15.3. The third-order valence-corrected chi connectivity index (χ3v) is 10.4. The zero-order valence-corrected chi connectivity index (χ0v) is 33.4. The number of hydrogen-bond donors (Lipinski definition) is 5.